The zero-order chi connectivity index (χ0) is 13.8. The van der Waals surface area contributed by atoms with Crippen LogP contribution in [0.25, 0.3) is 11.4 Å². The number of hydrogen-bond acceptors (Lipinski definition) is 5. The molecule has 0 fully saturated rings. The van der Waals surface area contributed by atoms with E-state index in [9.17, 15) is 9.90 Å². The number of carboxylic acids is 1. The molecule has 0 amide bonds. The molecule has 0 spiro atoms. The van der Waals surface area contributed by atoms with Crippen LogP contribution in [0.4, 0.5) is 0 Å². The predicted molar refractivity (Wildman–Crippen MR) is 67.5 cm³/mol. The molecule has 0 radical (unpaired) electrons. The zero-order valence-corrected chi connectivity index (χ0v) is 10.5. The number of carboxylic acid groups (broad SMARTS) is 1. The second-order valence-electron chi connectivity index (χ2n) is 3.66. The Morgan fingerprint density at radius 3 is 2.32 bits per heavy atom. The van der Waals surface area contributed by atoms with Crippen LogP contribution in [0.5, 0.6) is 11.5 Å². The molecule has 2 aromatic heterocycles. The molecule has 2 rings (SSSR count). The van der Waals surface area contributed by atoms with Gasteiger partial charge in [-0.25, -0.2) is 9.78 Å². The van der Waals surface area contributed by atoms with E-state index in [0.717, 1.165) is 0 Å². The van der Waals surface area contributed by atoms with Crippen molar-refractivity contribution in [3.05, 3.63) is 36.2 Å². The number of rotatable bonds is 4. The van der Waals surface area contributed by atoms with Crippen LogP contribution in [0.1, 0.15) is 10.4 Å². The lowest BCUT2D eigenvalue weighted by molar-refractivity contribution is 0.0697. The first-order valence-electron chi connectivity index (χ1n) is 5.43. The van der Waals surface area contributed by atoms with Gasteiger partial charge in [0.15, 0.2) is 0 Å². The molecule has 0 saturated heterocycles. The van der Waals surface area contributed by atoms with Gasteiger partial charge in [-0.1, -0.05) is 0 Å². The molecular formula is C13H12N2O4. The van der Waals surface area contributed by atoms with Crippen molar-refractivity contribution in [2.45, 2.75) is 0 Å². The van der Waals surface area contributed by atoms with Gasteiger partial charge in [-0.2, -0.15) is 0 Å². The molecule has 0 aliphatic heterocycles. The van der Waals surface area contributed by atoms with E-state index < -0.39 is 5.97 Å². The van der Waals surface area contributed by atoms with Crippen molar-refractivity contribution in [2.24, 2.45) is 0 Å². The summed E-state index contributed by atoms with van der Waals surface area (Å²) in [6.07, 6.45) is 2.96. The highest BCUT2D eigenvalue weighted by Crippen LogP contribution is 2.24. The maximum absolute atomic E-state index is 11.2. The predicted octanol–water partition coefficient (Wildman–Crippen LogP) is 1.86. The number of nitrogens with zero attached hydrogens (tertiary/aromatic N) is 2. The summed E-state index contributed by atoms with van der Waals surface area (Å²) in [5.41, 5.74) is 0.786. The van der Waals surface area contributed by atoms with Gasteiger partial charge >= 0.3 is 5.97 Å². The lowest BCUT2D eigenvalue weighted by atomic mass is 10.1. The Bertz CT molecular complexity index is 596. The number of aromatic nitrogens is 2. The minimum Gasteiger partial charge on any atom is -0.495 e. The first-order valence-corrected chi connectivity index (χ1v) is 5.43. The fourth-order valence-corrected chi connectivity index (χ4v) is 1.57. The van der Waals surface area contributed by atoms with Crippen LogP contribution >= 0.6 is 0 Å². The molecular weight excluding hydrogens is 248 g/mol. The fraction of sp³-hybridized carbons (Fsp3) is 0.154. The van der Waals surface area contributed by atoms with Crippen molar-refractivity contribution < 1.29 is 19.4 Å². The number of aromatic carboxylic acids is 1. The van der Waals surface area contributed by atoms with Crippen molar-refractivity contribution in [1.82, 2.24) is 9.97 Å². The third-order valence-corrected chi connectivity index (χ3v) is 2.54. The molecule has 98 valence electrons. The quantitative estimate of drug-likeness (QED) is 0.903. The second-order valence-corrected chi connectivity index (χ2v) is 3.66. The topological polar surface area (TPSA) is 81.5 Å². The average molecular weight is 260 g/mol. The second kappa shape index (κ2) is 5.34. The van der Waals surface area contributed by atoms with E-state index in [1.807, 2.05) is 0 Å². The summed E-state index contributed by atoms with van der Waals surface area (Å²) < 4.78 is 9.97. The normalized spacial score (nSPS) is 10.0. The highest BCUT2D eigenvalue weighted by Gasteiger charge is 2.15. The minimum atomic E-state index is -1.08. The molecule has 2 heterocycles. The van der Waals surface area contributed by atoms with Crippen LogP contribution in [-0.2, 0) is 0 Å². The van der Waals surface area contributed by atoms with Crippen LogP contribution in [0, 0.1) is 0 Å². The van der Waals surface area contributed by atoms with Crippen LogP contribution in [0.2, 0.25) is 0 Å². The van der Waals surface area contributed by atoms with Crippen LogP contribution in [0.3, 0.4) is 0 Å². The maximum Gasteiger partial charge on any atom is 0.338 e. The molecule has 0 aromatic carbocycles. The summed E-state index contributed by atoms with van der Waals surface area (Å²) in [6, 6.07) is 4.76. The van der Waals surface area contributed by atoms with Crippen LogP contribution in [0.15, 0.2) is 30.6 Å². The number of methoxy groups -OCH3 is 2. The zero-order valence-electron chi connectivity index (χ0n) is 10.5. The van der Waals surface area contributed by atoms with Gasteiger partial charge in [0.25, 0.3) is 0 Å². The molecule has 0 atom stereocenters. The Balaban J connectivity index is 2.50. The van der Waals surface area contributed by atoms with Crippen LogP contribution < -0.4 is 9.47 Å². The molecule has 0 unspecified atom stereocenters. The van der Waals surface area contributed by atoms with E-state index in [1.54, 1.807) is 12.1 Å². The first kappa shape index (κ1) is 12.8. The third kappa shape index (κ3) is 2.62. The lowest BCUT2D eigenvalue weighted by Gasteiger charge is -2.07. The molecule has 19 heavy (non-hydrogen) atoms. The van der Waals surface area contributed by atoms with Gasteiger partial charge in [-0.05, 0) is 18.2 Å². The number of ether oxygens (including phenoxy) is 2. The minimum absolute atomic E-state index is 0.0389. The highest BCUT2D eigenvalue weighted by atomic mass is 16.5. The molecule has 0 saturated carbocycles. The molecule has 0 bridgehead atoms. The van der Waals surface area contributed by atoms with E-state index in [4.69, 9.17) is 9.47 Å². The fourth-order valence-electron chi connectivity index (χ4n) is 1.57. The number of pyridine rings is 2. The van der Waals surface area contributed by atoms with Gasteiger partial charge < -0.3 is 14.6 Å². The summed E-state index contributed by atoms with van der Waals surface area (Å²) in [7, 11) is 2.99. The lowest BCUT2D eigenvalue weighted by Crippen LogP contribution is -2.03. The van der Waals surface area contributed by atoms with Gasteiger partial charge in [-0.15, -0.1) is 0 Å². The summed E-state index contributed by atoms with van der Waals surface area (Å²) in [4.78, 5) is 19.5. The molecule has 6 heteroatoms. The van der Waals surface area contributed by atoms with Crippen molar-refractivity contribution in [3.8, 4) is 22.9 Å². The first-order chi connectivity index (χ1) is 9.15. The Kier molecular flexibility index (Phi) is 3.61. The van der Waals surface area contributed by atoms with Crippen molar-refractivity contribution in [1.29, 1.82) is 0 Å². The third-order valence-electron chi connectivity index (χ3n) is 2.54. The van der Waals surface area contributed by atoms with E-state index in [0.29, 0.717) is 17.2 Å². The Hall–Kier alpha value is -2.63. The SMILES string of the molecule is COc1ccc(-c2ncc(OC)cc2C(=O)O)nc1. The Labute approximate surface area is 109 Å². The largest absolute Gasteiger partial charge is 0.495 e. The Morgan fingerprint density at radius 2 is 1.79 bits per heavy atom. The average Bonchev–Trinajstić information content (AvgIpc) is 2.46. The van der Waals surface area contributed by atoms with Gasteiger partial charge in [0.2, 0.25) is 0 Å². The molecule has 1 N–H and O–H groups in total. The number of carbonyl (C=O) groups is 1. The summed E-state index contributed by atoms with van der Waals surface area (Å²) in [6.45, 7) is 0. The standard InChI is InChI=1S/C13H12N2O4/c1-18-8-3-4-11(14-6-8)12-10(13(16)17)5-9(19-2)7-15-12/h3-7H,1-2H3,(H,16,17). The van der Waals surface area contributed by atoms with Gasteiger partial charge in [-0.3, -0.25) is 4.98 Å². The Morgan fingerprint density at radius 1 is 1.11 bits per heavy atom. The van der Waals surface area contributed by atoms with Crippen molar-refractivity contribution in [2.75, 3.05) is 14.2 Å². The van der Waals surface area contributed by atoms with E-state index >= 15 is 0 Å². The summed E-state index contributed by atoms with van der Waals surface area (Å²) in [5, 5.41) is 9.20. The van der Waals surface area contributed by atoms with Gasteiger partial charge in [0.1, 0.15) is 17.2 Å². The van der Waals surface area contributed by atoms with Gasteiger partial charge in [0.05, 0.1) is 37.9 Å². The summed E-state index contributed by atoms with van der Waals surface area (Å²) >= 11 is 0. The van der Waals surface area contributed by atoms with Crippen LogP contribution in [-0.4, -0.2) is 35.3 Å². The summed E-state index contributed by atoms with van der Waals surface area (Å²) in [5.74, 6) is -0.109. The van der Waals surface area contributed by atoms with E-state index in [-0.39, 0.29) is 11.3 Å². The highest BCUT2D eigenvalue weighted by molar-refractivity contribution is 5.94. The molecule has 0 aliphatic rings. The molecule has 2 aromatic rings. The monoisotopic (exact) mass is 260 g/mol. The maximum atomic E-state index is 11.2. The van der Waals surface area contributed by atoms with Gasteiger partial charge in [0, 0.05) is 0 Å². The van der Waals surface area contributed by atoms with Crippen molar-refractivity contribution in [3.63, 3.8) is 0 Å². The molecule has 0 aliphatic carbocycles. The number of hydrogen-bond donors (Lipinski definition) is 1. The smallest absolute Gasteiger partial charge is 0.338 e. The molecule has 6 nitrogen and oxygen atoms in total. The van der Waals surface area contributed by atoms with E-state index in [1.165, 1.54) is 32.7 Å². The van der Waals surface area contributed by atoms with E-state index in [2.05, 4.69) is 9.97 Å². The van der Waals surface area contributed by atoms with Crippen molar-refractivity contribution >= 4 is 5.97 Å².